The lowest BCUT2D eigenvalue weighted by atomic mass is 9.96. The third-order valence-corrected chi connectivity index (χ3v) is 5.46. The van der Waals surface area contributed by atoms with Gasteiger partial charge in [0, 0.05) is 31.9 Å². The number of carbonyl (C=O) groups excluding carboxylic acids is 1. The van der Waals surface area contributed by atoms with Crippen LogP contribution < -0.4 is 4.90 Å². The van der Waals surface area contributed by atoms with Gasteiger partial charge in [-0.2, -0.15) is 5.10 Å². The SMILES string of the molecule is O=C(C1CCCN1c1ccccc1)N1CCC(Cn2cncn2)CC1. The average molecular weight is 339 g/mol. The number of piperidine rings is 1. The van der Waals surface area contributed by atoms with E-state index in [4.69, 9.17) is 0 Å². The number of hydrogen-bond donors (Lipinski definition) is 0. The van der Waals surface area contributed by atoms with E-state index in [1.165, 1.54) is 5.69 Å². The summed E-state index contributed by atoms with van der Waals surface area (Å²) in [5.74, 6) is 0.889. The summed E-state index contributed by atoms with van der Waals surface area (Å²) < 4.78 is 1.90. The largest absolute Gasteiger partial charge is 0.360 e. The number of anilines is 1. The zero-order valence-corrected chi connectivity index (χ0v) is 14.5. The standard InChI is InChI=1S/C19H25N5O/c25-19(18-7-4-10-24(18)17-5-2-1-3-6-17)22-11-8-16(9-12-22)13-23-15-20-14-21-23/h1-3,5-6,14-16,18H,4,7-13H2. The fraction of sp³-hybridized carbons (Fsp3) is 0.526. The minimum absolute atomic E-state index is 0.00858. The Kier molecular flexibility index (Phi) is 4.68. The summed E-state index contributed by atoms with van der Waals surface area (Å²) in [5, 5.41) is 4.19. The lowest BCUT2D eigenvalue weighted by molar-refractivity contribution is -0.133. The van der Waals surface area contributed by atoms with Gasteiger partial charge in [0.05, 0.1) is 0 Å². The van der Waals surface area contributed by atoms with E-state index >= 15 is 0 Å². The Hall–Kier alpha value is -2.37. The van der Waals surface area contributed by atoms with Gasteiger partial charge in [-0.1, -0.05) is 18.2 Å². The van der Waals surface area contributed by atoms with Gasteiger partial charge in [-0.25, -0.2) is 4.98 Å². The van der Waals surface area contributed by atoms with Gasteiger partial charge < -0.3 is 9.80 Å². The highest BCUT2D eigenvalue weighted by molar-refractivity contribution is 5.86. The molecule has 25 heavy (non-hydrogen) atoms. The number of carbonyl (C=O) groups is 1. The number of rotatable bonds is 4. The van der Waals surface area contributed by atoms with E-state index in [1.54, 1.807) is 12.7 Å². The normalized spacial score (nSPS) is 21.7. The van der Waals surface area contributed by atoms with Gasteiger partial charge in [0.2, 0.25) is 5.91 Å². The molecule has 3 heterocycles. The Morgan fingerprint density at radius 2 is 1.88 bits per heavy atom. The molecular formula is C19H25N5O. The fourth-order valence-corrected chi connectivity index (χ4v) is 4.09. The summed E-state index contributed by atoms with van der Waals surface area (Å²) in [6.07, 6.45) is 7.50. The van der Waals surface area contributed by atoms with Crippen molar-refractivity contribution in [2.45, 2.75) is 38.3 Å². The number of likely N-dealkylation sites (tertiary alicyclic amines) is 1. The second kappa shape index (κ2) is 7.25. The number of amides is 1. The third-order valence-electron chi connectivity index (χ3n) is 5.46. The highest BCUT2D eigenvalue weighted by Crippen LogP contribution is 2.28. The third kappa shape index (κ3) is 3.52. The molecule has 0 saturated carbocycles. The molecule has 1 amide bonds. The summed E-state index contributed by atoms with van der Waals surface area (Å²) in [6.45, 7) is 3.60. The second-order valence-electron chi connectivity index (χ2n) is 7.07. The van der Waals surface area contributed by atoms with Crippen LogP contribution >= 0.6 is 0 Å². The summed E-state index contributed by atoms with van der Waals surface area (Å²) in [6, 6.07) is 10.3. The average Bonchev–Trinajstić information content (AvgIpc) is 3.34. The maximum atomic E-state index is 13.1. The maximum Gasteiger partial charge on any atom is 0.245 e. The van der Waals surface area contributed by atoms with Crippen molar-refractivity contribution in [1.29, 1.82) is 0 Å². The van der Waals surface area contributed by atoms with Crippen LogP contribution in [0.2, 0.25) is 0 Å². The molecule has 2 saturated heterocycles. The van der Waals surface area contributed by atoms with Crippen molar-refractivity contribution in [2.24, 2.45) is 5.92 Å². The van der Waals surface area contributed by atoms with Crippen molar-refractivity contribution in [1.82, 2.24) is 19.7 Å². The van der Waals surface area contributed by atoms with Crippen LogP contribution in [0.15, 0.2) is 43.0 Å². The topological polar surface area (TPSA) is 54.3 Å². The molecule has 0 aliphatic carbocycles. The number of benzene rings is 1. The maximum absolute atomic E-state index is 13.1. The fourth-order valence-electron chi connectivity index (χ4n) is 4.09. The minimum Gasteiger partial charge on any atom is -0.360 e. The van der Waals surface area contributed by atoms with Crippen molar-refractivity contribution >= 4 is 11.6 Å². The van der Waals surface area contributed by atoms with Gasteiger partial charge in [0.15, 0.2) is 0 Å². The first-order valence-electron chi connectivity index (χ1n) is 9.24. The molecule has 0 bridgehead atoms. The van der Waals surface area contributed by atoms with Crippen molar-refractivity contribution in [3.05, 3.63) is 43.0 Å². The molecule has 2 aliphatic heterocycles. The molecule has 1 aromatic heterocycles. The number of para-hydroxylation sites is 1. The van der Waals surface area contributed by atoms with Crippen molar-refractivity contribution in [2.75, 3.05) is 24.5 Å². The summed E-state index contributed by atoms with van der Waals surface area (Å²) in [5.41, 5.74) is 1.17. The summed E-state index contributed by atoms with van der Waals surface area (Å²) >= 11 is 0. The van der Waals surface area contributed by atoms with Crippen LogP contribution in [0.4, 0.5) is 5.69 Å². The molecule has 132 valence electrons. The molecule has 6 heteroatoms. The first-order valence-corrected chi connectivity index (χ1v) is 9.24. The quantitative estimate of drug-likeness (QED) is 0.857. The van der Waals surface area contributed by atoms with Crippen LogP contribution in [0, 0.1) is 5.92 Å². The first kappa shape index (κ1) is 16.1. The van der Waals surface area contributed by atoms with Gasteiger partial charge in [0.25, 0.3) is 0 Å². The van der Waals surface area contributed by atoms with Gasteiger partial charge in [0.1, 0.15) is 18.7 Å². The molecule has 2 fully saturated rings. The second-order valence-corrected chi connectivity index (χ2v) is 7.07. The van der Waals surface area contributed by atoms with E-state index in [0.717, 1.165) is 51.9 Å². The van der Waals surface area contributed by atoms with Gasteiger partial charge >= 0.3 is 0 Å². The van der Waals surface area contributed by atoms with Gasteiger partial charge in [-0.05, 0) is 43.7 Å². The molecule has 1 atom stereocenters. The molecule has 6 nitrogen and oxygen atoms in total. The van der Waals surface area contributed by atoms with Crippen LogP contribution in [0.3, 0.4) is 0 Å². The number of hydrogen-bond acceptors (Lipinski definition) is 4. The van der Waals surface area contributed by atoms with Crippen LogP contribution in [0.5, 0.6) is 0 Å². The Morgan fingerprint density at radius 1 is 1.08 bits per heavy atom. The molecule has 1 unspecified atom stereocenters. The predicted octanol–water partition coefficient (Wildman–Crippen LogP) is 2.19. The zero-order valence-electron chi connectivity index (χ0n) is 14.5. The molecule has 2 aliphatic rings. The summed E-state index contributed by atoms with van der Waals surface area (Å²) in [4.78, 5) is 21.4. The Balaban J connectivity index is 1.35. The first-order chi connectivity index (χ1) is 12.3. The van der Waals surface area contributed by atoms with E-state index < -0.39 is 0 Å². The lowest BCUT2D eigenvalue weighted by Gasteiger charge is -2.36. The molecule has 0 radical (unpaired) electrons. The van der Waals surface area contributed by atoms with E-state index in [0.29, 0.717) is 11.8 Å². The molecular weight excluding hydrogens is 314 g/mol. The highest BCUT2D eigenvalue weighted by atomic mass is 16.2. The Labute approximate surface area is 148 Å². The van der Waals surface area contributed by atoms with Crippen molar-refractivity contribution in [3.63, 3.8) is 0 Å². The van der Waals surface area contributed by atoms with E-state index in [-0.39, 0.29) is 6.04 Å². The molecule has 2 aromatic rings. The van der Waals surface area contributed by atoms with Crippen molar-refractivity contribution in [3.8, 4) is 0 Å². The number of aromatic nitrogens is 3. The minimum atomic E-state index is 0.00858. The van der Waals surface area contributed by atoms with Crippen LogP contribution in [0.1, 0.15) is 25.7 Å². The van der Waals surface area contributed by atoms with E-state index in [1.807, 2.05) is 22.9 Å². The summed E-state index contributed by atoms with van der Waals surface area (Å²) in [7, 11) is 0. The van der Waals surface area contributed by atoms with E-state index in [2.05, 4.69) is 32.0 Å². The van der Waals surface area contributed by atoms with Gasteiger partial charge in [-0.3, -0.25) is 9.48 Å². The Bertz CT molecular complexity index is 679. The number of nitrogens with zero attached hydrogens (tertiary/aromatic N) is 5. The van der Waals surface area contributed by atoms with Crippen LogP contribution in [-0.2, 0) is 11.3 Å². The molecule has 0 spiro atoms. The monoisotopic (exact) mass is 339 g/mol. The smallest absolute Gasteiger partial charge is 0.245 e. The predicted molar refractivity (Wildman–Crippen MR) is 96.1 cm³/mol. The van der Waals surface area contributed by atoms with Gasteiger partial charge in [-0.15, -0.1) is 0 Å². The van der Waals surface area contributed by atoms with Crippen LogP contribution in [-0.4, -0.2) is 51.2 Å². The van der Waals surface area contributed by atoms with E-state index in [9.17, 15) is 4.79 Å². The molecule has 1 aromatic carbocycles. The molecule has 0 N–H and O–H groups in total. The van der Waals surface area contributed by atoms with Crippen LogP contribution in [0.25, 0.3) is 0 Å². The zero-order chi connectivity index (χ0) is 17.1. The highest BCUT2D eigenvalue weighted by Gasteiger charge is 2.35. The Morgan fingerprint density at radius 3 is 2.60 bits per heavy atom. The molecule has 4 rings (SSSR count). The lowest BCUT2D eigenvalue weighted by Crippen LogP contribution is -2.48. The van der Waals surface area contributed by atoms with Crippen molar-refractivity contribution < 1.29 is 4.79 Å².